The van der Waals surface area contributed by atoms with E-state index in [0.717, 1.165) is 20.6 Å². The summed E-state index contributed by atoms with van der Waals surface area (Å²) in [6.07, 6.45) is 0.919. The van der Waals surface area contributed by atoms with Crippen molar-refractivity contribution in [2.45, 2.75) is 26.4 Å². The third-order valence-corrected chi connectivity index (χ3v) is 4.42. The lowest BCUT2D eigenvalue weighted by Gasteiger charge is -2.12. The summed E-state index contributed by atoms with van der Waals surface area (Å²) in [5, 5.41) is 0. The van der Waals surface area contributed by atoms with Crippen LogP contribution in [-0.4, -0.2) is 18.5 Å². The lowest BCUT2D eigenvalue weighted by molar-refractivity contribution is 0.0764. The Morgan fingerprint density at radius 1 is 1.67 bits per heavy atom. The first-order valence-electron chi connectivity index (χ1n) is 5.01. The lowest BCUT2D eigenvalue weighted by Crippen LogP contribution is -2.21. The van der Waals surface area contributed by atoms with E-state index in [0.29, 0.717) is 6.61 Å². The van der Waals surface area contributed by atoms with Crippen molar-refractivity contribution < 1.29 is 9.53 Å². The van der Waals surface area contributed by atoms with Gasteiger partial charge in [-0.05, 0) is 42.3 Å². The molecule has 15 heavy (non-hydrogen) atoms. The van der Waals surface area contributed by atoms with Crippen LogP contribution in [0.3, 0.4) is 0 Å². The van der Waals surface area contributed by atoms with Crippen molar-refractivity contribution >= 4 is 33.0 Å². The zero-order valence-electron chi connectivity index (χ0n) is 8.75. The molecule has 4 heteroatoms. The minimum absolute atomic E-state index is 0.0465. The monoisotopic (exact) mass is 288 g/mol. The van der Waals surface area contributed by atoms with Crippen LogP contribution in [-0.2, 0) is 4.74 Å². The molecule has 0 N–H and O–H groups in total. The molecule has 2 nitrogen and oxygen atoms in total. The van der Waals surface area contributed by atoms with E-state index in [2.05, 4.69) is 15.9 Å². The summed E-state index contributed by atoms with van der Waals surface area (Å²) >= 11 is 5.02. The summed E-state index contributed by atoms with van der Waals surface area (Å²) in [5.41, 5.74) is 0.856. The molecule has 0 bridgehead atoms. The van der Waals surface area contributed by atoms with Gasteiger partial charge in [0, 0.05) is 17.0 Å². The van der Waals surface area contributed by atoms with E-state index in [1.165, 1.54) is 0 Å². The first-order valence-corrected chi connectivity index (χ1v) is 6.62. The van der Waals surface area contributed by atoms with Gasteiger partial charge in [-0.15, -0.1) is 11.3 Å². The molecule has 82 valence electrons. The molecule has 1 aliphatic rings. The topological polar surface area (TPSA) is 26.3 Å². The van der Waals surface area contributed by atoms with E-state index >= 15 is 0 Å². The van der Waals surface area contributed by atoms with Gasteiger partial charge >= 0.3 is 0 Å². The number of carbonyl (C=O) groups excluding carboxylic acids is 1. The maximum Gasteiger partial charge on any atom is 0.169 e. The molecule has 2 unspecified atom stereocenters. The quantitative estimate of drug-likeness (QED) is 0.780. The second-order valence-electron chi connectivity index (χ2n) is 3.86. The third kappa shape index (κ3) is 2.17. The Kier molecular flexibility index (Phi) is 3.28. The second kappa shape index (κ2) is 4.36. The third-order valence-electron chi connectivity index (χ3n) is 2.87. The predicted molar refractivity (Wildman–Crippen MR) is 64.6 cm³/mol. The van der Waals surface area contributed by atoms with E-state index in [-0.39, 0.29) is 17.8 Å². The first-order chi connectivity index (χ1) is 7.09. The van der Waals surface area contributed by atoms with Gasteiger partial charge < -0.3 is 4.74 Å². The maximum atomic E-state index is 12.2. The van der Waals surface area contributed by atoms with Crippen LogP contribution in [0.15, 0.2) is 9.85 Å². The number of halogens is 1. The summed E-state index contributed by atoms with van der Waals surface area (Å²) in [4.78, 5) is 13.3. The van der Waals surface area contributed by atoms with Gasteiger partial charge in [0.05, 0.1) is 15.8 Å². The first kappa shape index (κ1) is 11.3. The molecule has 0 aromatic carbocycles. The molecule has 1 aromatic heterocycles. The molecule has 0 amide bonds. The molecule has 1 saturated heterocycles. The smallest absolute Gasteiger partial charge is 0.169 e. The number of ether oxygens (including phenoxy) is 1. The van der Waals surface area contributed by atoms with Gasteiger partial charge in [0.15, 0.2) is 5.78 Å². The molecule has 1 aliphatic heterocycles. The van der Waals surface area contributed by atoms with Crippen LogP contribution in [0.4, 0.5) is 0 Å². The Labute approximate surface area is 102 Å². The van der Waals surface area contributed by atoms with E-state index < -0.39 is 0 Å². The highest BCUT2D eigenvalue weighted by Crippen LogP contribution is 2.31. The fourth-order valence-electron chi connectivity index (χ4n) is 1.97. The van der Waals surface area contributed by atoms with Crippen molar-refractivity contribution in [1.29, 1.82) is 0 Å². The van der Waals surface area contributed by atoms with Crippen LogP contribution < -0.4 is 0 Å². The number of hydrogen-bond acceptors (Lipinski definition) is 3. The average Bonchev–Trinajstić information content (AvgIpc) is 2.71. The van der Waals surface area contributed by atoms with Gasteiger partial charge in [0.25, 0.3) is 0 Å². The van der Waals surface area contributed by atoms with Crippen molar-refractivity contribution in [2.24, 2.45) is 5.92 Å². The number of hydrogen-bond donors (Lipinski definition) is 0. The zero-order valence-corrected chi connectivity index (χ0v) is 11.2. The van der Waals surface area contributed by atoms with Crippen LogP contribution in [0.5, 0.6) is 0 Å². The molecule has 0 aliphatic carbocycles. The van der Waals surface area contributed by atoms with Gasteiger partial charge in [-0.1, -0.05) is 0 Å². The molecule has 0 spiro atoms. The zero-order chi connectivity index (χ0) is 11.0. The van der Waals surface area contributed by atoms with Crippen LogP contribution >= 0.6 is 27.3 Å². The summed E-state index contributed by atoms with van der Waals surface area (Å²) in [6.45, 7) is 4.68. The molecule has 0 saturated carbocycles. The van der Waals surface area contributed by atoms with E-state index in [1.54, 1.807) is 11.3 Å². The minimum atomic E-state index is 0.0465. The van der Waals surface area contributed by atoms with Gasteiger partial charge in [-0.3, -0.25) is 4.79 Å². The predicted octanol–water partition coefficient (Wildman–Crippen LogP) is 3.43. The van der Waals surface area contributed by atoms with Crippen molar-refractivity contribution in [3.8, 4) is 0 Å². The summed E-state index contributed by atoms with van der Waals surface area (Å²) < 4.78 is 6.45. The molecule has 2 rings (SSSR count). The Balaban J connectivity index is 2.24. The molecular weight excluding hydrogens is 276 g/mol. The molecule has 2 heterocycles. The SMILES string of the molecule is Cc1sc(Br)cc1C(=O)C1CCOC1C. The Bertz CT molecular complexity index is 386. The van der Waals surface area contributed by atoms with Gasteiger partial charge in [0.2, 0.25) is 0 Å². The normalized spacial score (nSPS) is 25.8. The molecular formula is C11H13BrO2S. The standard InChI is InChI=1S/C11H13BrO2S/c1-6-8(3-4-14-6)11(13)9-5-10(12)15-7(9)2/h5-6,8H,3-4H2,1-2H3. The van der Waals surface area contributed by atoms with E-state index in [4.69, 9.17) is 4.74 Å². The van der Waals surface area contributed by atoms with Crippen molar-refractivity contribution in [3.63, 3.8) is 0 Å². The maximum absolute atomic E-state index is 12.2. The summed E-state index contributed by atoms with van der Waals surface area (Å²) in [7, 11) is 0. The van der Waals surface area contributed by atoms with Crippen LogP contribution in [0.1, 0.15) is 28.6 Å². The number of ketones is 1. The summed E-state index contributed by atoms with van der Waals surface area (Å²) in [6, 6.07) is 1.92. The van der Waals surface area contributed by atoms with Gasteiger partial charge in [-0.25, -0.2) is 0 Å². The fourth-order valence-corrected chi connectivity index (χ4v) is 3.66. The van der Waals surface area contributed by atoms with Gasteiger partial charge in [-0.2, -0.15) is 0 Å². The highest BCUT2D eigenvalue weighted by Gasteiger charge is 2.32. The molecule has 1 aromatic rings. The molecule has 0 radical (unpaired) electrons. The van der Waals surface area contributed by atoms with Crippen molar-refractivity contribution in [1.82, 2.24) is 0 Å². The minimum Gasteiger partial charge on any atom is -0.378 e. The largest absolute Gasteiger partial charge is 0.378 e. The van der Waals surface area contributed by atoms with E-state index in [9.17, 15) is 4.79 Å². The molecule has 2 atom stereocenters. The number of carbonyl (C=O) groups is 1. The highest BCUT2D eigenvalue weighted by molar-refractivity contribution is 9.11. The number of thiophene rings is 1. The van der Waals surface area contributed by atoms with Crippen LogP contribution in [0, 0.1) is 12.8 Å². The van der Waals surface area contributed by atoms with Crippen LogP contribution in [0.2, 0.25) is 0 Å². The second-order valence-corrected chi connectivity index (χ2v) is 6.49. The van der Waals surface area contributed by atoms with Crippen molar-refractivity contribution in [3.05, 3.63) is 20.3 Å². The highest BCUT2D eigenvalue weighted by atomic mass is 79.9. The van der Waals surface area contributed by atoms with Crippen LogP contribution in [0.25, 0.3) is 0 Å². The lowest BCUT2D eigenvalue weighted by atomic mass is 9.93. The Hall–Kier alpha value is -0.190. The average molecular weight is 289 g/mol. The van der Waals surface area contributed by atoms with Crippen molar-refractivity contribution in [2.75, 3.05) is 6.61 Å². The molecule has 1 fully saturated rings. The number of rotatable bonds is 2. The Morgan fingerprint density at radius 3 is 2.87 bits per heavy atom. The Morgan fingerprint density at radius 2 is 2.40 bits per heavy atom. The number of Topliss-reactive ketones (excluding diaryl/α,β-unsaturated/α-hetero) is 1. The van der Waals surface area contributed by atoms with E-state index in [1.807, 2.05) is 19.9 Å². The number of aryl methyl sites for hydroxylation is 1. The summed E-state index contributed by atoms with van der Waals surface area (Å²) in [5.74, 6) is 0.282. The fraction of sp³-hybridized carbons (Fsp3) is 0.545. The van der Waals surface area contributed by atoms with Gasteiger partial charge in [0.1, 0.15) is 0 Å².